The van der Waals surface area contributed by atoms with Gasteiger partial charge in [0.25, 0.3) is 20.3 Å². The third-order valence-corrected chi connectivity index (χ3v) is 6.74. The van der Waals surface area contributed by atoms with E-state index in [9.17, 15) is 9.59 Å². The minimum absolute atomic E-state index is 0.265. The lowest BCUT2D eigenvalue weighted by Gasteiger charge is -2.35. The summed E-state index contributed by atoms with van der Waals surface area (Å²) in [5.74, 6) is -0.821. The van der Waals surface area contributed by atoms with Crippen molar-refractivity contribution in [3.63, 3.8) is 0 Å². The second-order valence-electron chi connectivity index (χ2n) is 7.72. The molecule has 1 aliphatic heterocycles. The molecule has 0 N–H and O–H groups in total. The maximum atomic E-state index is 12.3. The number of carbonyl (C=O) groups excluding carboxylic acids is 2. The molecule has 0 fully saturated rings. The summed E-state index contributed by atoms with van der Waals surface area (Å²) in [6.07, 6.45) is 2.66. The standard InChI is InChI=1S/C22H32N3O5P.C2H6/c1-17(2)25(18(3)4)31(30-16-10-13-23)29-15-9-5-8-14-28-24-21(26)19-11-6-7-12-20(19)22(24)27;1-2/h6-7,11-12,17-18H,5,8-10,14-16H2,1-4H3;1-2H3. The Morgan fingerprint density at radius 3 is 1.94 bits per heavy atom. The summed E-state index contributed by atoms with van der Waals surface area (Å²) < 4.78 is 14.1. The molecule has 1 aromatic rings. The molecule has 1 heterocycles. The van der Waals surface area contributed by atoms with Gasteiger partial charge in [-0.1, -0.05) is 26.0 Å². The van der Waals surface area contributed by atoms with Crippen LogP contribution in [0.25, 0.3) is 0 Å². The van der Waals surface area contributed by atoms with Gasteiger partial charge in [0.1, 0.15) is 0 Å². The highest BCUT2D eigenvalue weighted by molar-refractivity contribution is 7.44. The van der Waals surface area contributed by atoms with Crippen molar-refractivity contribution in [2.45, 2.75) is 79.3 Å². The molecule has 0 saturated carbocycles. The number of nitriles is 1. The van der Waals surface area contributed by atoms with Crippen molar-refractivity contribution in [1.82, 2.24) is 9.73 Å². The summed E-state index contributed by atoms with van der Waals surface area (Å²) in [6, 6.07) is 9.34. The van der Waals surface area contributed by atoms with Crippen molar-refractivity contribution in [3.05, 3.63) is 35.4 Å². The largest absolute Gasteiger partial charge is 0.322 e. The van der Waals surface area contributed by atoms with Gasteiger partial charge in [-0.2, -0.15) is 5.26 Å². The van der Waals surface area contributed by atoms with Crippen LogP contribution in [-0.2, 0) is 13.9 Å². The third-order valence-electron chi connectivity index (χ3n) is 4.63. The molecule has 2 rings (SSSR count). The molecular formula is C24H38N3O5P. The highest BCUT2D eigenvalue weighted by atomic mass is 31.2. The Kier molecular flexibility index (Phi) is 14.0. The van der Waals surface area contributed by atoms with Gasteiger partial charge < -0.3 is 9.05 Å². The molecule has 0 spiro atoms. The number of rotatable bonds is 14. The van der Waals surface area contributed by atoms with Gasteiger partial charge in [0.15, 0.2) is 0 Å². The highest BCUT2D eigenvalue weighted by Gasteiger charge is 2.36. The summed E-state index contributed by atoms with van der Waals surface area (Å²) >= 11 is 0. The Bertz CT molecular complexity index is 739. The summed E-state index contributed by atoms with van der Waals surface area (Å²) in [5, 5.41) is 9.61. The van der Waals surface area contributed by atoms with E-state index in [-0.39, 0.29) is 18.7 Å². The van der Waals surface area contributed by atoms with Crippen LogP contribution in [0, 0.1) is 11.3 Å². The first-order chi connectivity index (χ1) is 15.9. The zero-order valence-electron chi connectivity index (χ0n) is 20.7. The third kappa shape index (κ3) is 8.77. The maximum Gasteiger partial charge on any atom is 0.285 e. The molecule has 1 unspecified atom stereocenters. The van der Waals surface area contributed by atoms with Crippen LogP contribution >= 0.6 is 8.53 Å². The quantitative estimate of drug-likeness (QED) is 0.192. The van der Waals surface area contributed by atoms with E-state index in [2.05, 4.69) is 38.4 Å². The molecule has 1 aliphatic rings. The van der Waals surface area contributed by atoms with Gasteiger partial charge in [-0.25, -0.2) is 4.67 Å². The van der Waals surface area contributed by atoms with E-state index < -0.39 is 20.3 Å². The Morgan fingerprint density at radius 1 is 0.909 bits per heavy atom. The number of hydrogen-bond donors (Lipinski definition) is 0. The normalized spacial score (nSPS) is 13.9. The summed E-state index contributed by atoms with van der Waals surface area (Å²) in [5.41, 5.74) is 0.760. The molecule has 1 aromatic carbocycles. The fourth-order valence-electron chi connectivity index (χ4n) is 3.28. The first kappa shape index (κ1) is 29.2. The van der Waals surface area contributed by atoms with Crippen molar-refractivity contribution in [2.24, 2.45) is 0 Å². The number of benzene rings is 1. The fraction of sp³-hybridized carbons (Fsp3) is 0.625. The molecule has 0 radical (unpaired) electrons. The molecule has 1 atom stereocenters. The van der Waals surface area contributed by atoms with Gasteiger partial charge in [-0.3, -0.25) is 14.4 Å². The van der Waals surface area contributed by atoms with Crippen LogP contribution in [0.4, 0.5) is 0 Å². The van der Waals surface area contributed by atoms with Crippen LogP contribution in [0.1, 0.15) is 87.9 Å². The number of amides is 2. The summed E-state index contributed by atoms with van der Waals surface area (Å²) in [6.45, 7) is 13.6. The number of nitrogens with zero attached hydrogens (tertiary/aromatic N) is 3. The average molecular weight is 480 g/mol. The van der Waals surface area contributed by atoms with Crippen molar-refractivity contribution in [3.8, 4) is 6.07 Å². The molecular weight excluding hydrogens is 441 g/mol. The lowest BCUT2D eigenvalue weighted by molar-refractivity contribution is -0.0923. The molecule has 0 aromatic heterocycles. The lowest BCUT2D eigenvalue weighted by Crippen LogP contribution is -2.33. The second-order valence-corrected chi connectivity index (χ2v) is 9.18. The van der Waals surface area contributed by atoms with E-state index in [4.69, 9.17) is 19.1 Å². The first-order valence-electron chi connectivity index (χ1n) is 11.7. The number of hydroxylamine groups is 2. The van der Waals surface area contributed by atoms with Crippen molar-refractivity contribution >= 4 is 20.3 Å². The lowest BCUT2D eigenvalue weighted by atomic mass is 10.1. The van der Waals surface area contributed by atoms with Gasteiger partial charge in [-0.15, -0.1) is 5.06 Å². The SMILES string of the molecule is CC.CC(C)N(C(C)C)P(OCCC#N)OCCCCCON1C(=O)c2ccccc2C1=O. The van der Waals surface area contributed by atoms with E-state index in [0.29, 0.717) is 37.2 Å². The molecule has 9 heteroatoms. The number of carbonyl (C=O) groups is 2. The van der Waals surface area contributed by atoms with Crippen molar-refractivity contribution in [2.75, 3.05) is 19.8 Å². The predicted octanol–water partition coefficient (Wildman–Crippen LogP) is 5.70. The molecule has 33 heavy (non-hydrogen) atoms. The summed E-state index contributed by atoms with van der Waals surface area (Å²) in [4.78, 5) is 29.9. The van der Waals surface area contributed by atoms with E-state index in [1.165, 1.54) is 0 Å². The Labute approximate surface area is 199 Å². The minimum atomic E-state index is -1.23. The topological polar surface area (TPSA) is 92.1 Å². The zero-order valence-corrected chi connectivity index (χ0v) is 21.6. The fourth-order valence-corrected chi connectivity index (χ4v) is 4.91. The molecule has 8 nitrogen and oxygen atoms in total. The van der Waals surface area contributed by atoms with Crippen LogP contribution in [0.15, 0.2) is 24.3 Å². The van der Waals surface area contributed by atoms with Gasteiger partial charge in [0.05, 0.1) is 43.4 Å². The number of fused-ring (bicyclic) bond motifs is 1. The molecule has 0 bridgehead atoms. The Balaban J connectivity index is 0.00000265. The highest BCUT2D eigenvalue weighted by Crippen LogP contribution is 2.46. The van der Waals surface area contributed by atoms with Gasteiger partial charge in [0.2, 0.25) is 0 Å². The van der Waals surface area contributed by atoms with Gasteiger partial charge in [0, 0.05) is 12.1 Å². The van der Waals surface area contributed by atoms with Gasteiger partial charge in [-0.05, 0) is 59.1 Å². The molecule has 0 aliphatic carbocycles. The first-order valence-corrected chi connectivity index (χ1v) is 12.8. The Hall–Kier alpha value is -1.88. The number of unbranched alkanes of at least 4 members (excludes halogenated alkanes) is 2. The van der Waals surface area contributed by atoms with E-state index in [1.54, 1.807) is 24.3 Å². The van der Waals surface area contributed by atoms with Crippen LogP contribution in [0.2, 0.25) is 0 Å². The zero-order chi connectivity index (χ0) is 24.8. The molecule has 0 saturated heterocycles. The number of imide groups is 1. The number of hydrogen-bond acceptors (Lipinski definition) is 7. The van der Waals surface area contributed by atoms with Crippen molar-refractivity contribution < 1.29 is 23.5 Å². The average Bonchev–Trinajstić information content (AvgIpc) is 3.04. The second kappa shape index (κ2) is 15.9. The van der Waals surface area contributed by atoms with Crippen LogP contribution in [0.5, 0.6) is 0 Å². The Morgan fingerprint density at radius 2 is 1.42 bits per heavy atom. The smallest absolute Gasteiger partial charge is 0.285 e. The predicted molar refractivity (Wildman–Crippen MR) is 129 cm³/mol. The van der Waals surface area contributed by atoms with E-state index >= 15 is 0 Å². The van der Waals surface area contributed by atoms with Crippen LogP contribution in [-0.4, -0.2) is 53.5 Å². The van der Waals surface area contributed by atoms with E-state index in [1.807, 2.05) is 13.8 Å². The maximum absolute atomic E-state index is 12.3. The van der Waals surface area contributed by atoms with Crippen molar-refractivity contribution in [1.29, 1.82) is 5.26 Å². The van der Waals surface area contributed by atoms with Crippen LogP contribution < -0.4 is 0 Å². The minimum Gasteiger partial charge on any atom is -0.322 e. The van der Waals surface area contributed by atoms with Crippen LogP contribution in [0.3, 0.4) is 0 Å². The molecule has 2 amide bonds. The monoisotopic (exact) mass is 479 g/mol. The molecule has 184 valence electrons. The van der Waals surface area contributed by atoms with E-state index in [0.717, 1.165) is 17.9 Å². The summed E-state index contributed by atoms with van der Waals surface area (Å²) in [7, 11) is -1.23. The van der Waals surface area contributed by atoms with Gasteiger partial charge >= 0.3 is 0 Å².